The van der Waals surface area contributed by atoms with Gasteiger partial charge in [-0.2, -0.15) is 0 Å². The molecule has 0 heterocycles. The highest BCUT2D eigenvalue weighted by Crippen LogP contribution is 2.29. The lowest BCUT2D eigenvalue weighted by atomic mass is 10.0. The van der Waals surface area contributed by atoms with E-state index in [9.17, 15) is 4.79 Å². The Hall–Kier alpha value is -2.49. The van der Waals surface area contributed by atoms with Crippen LogP contribution in [0, 0.1) is 0 Å². The maximum absolute atomic E-state index is 12.7. The van der Waals surface area contributed by atoms with Crippen LogP contribution in [0.25, 0.3) is 0 Å². The minimum Gasteiger partial charge on any atom is -0.497 e. The van der Waals surface area contributed by atoms with Crippen LogP contribution in [0.3, 0.4) is 0 Å². The average molecular weight is 299 g/mol. The predicted octanol–water partition coefficient (Wildman–Crippen LogP) is 3.54. The summed E-state index contributed by atoms with van der Waals surface area (Å²) in [7, 11) is 5.01. The zero-order valence-corrected chi connectivity index (χ0v) is 13.4. The van der Waals surface area contributed by atoms with Crippen LogP contribution in [0.15, 0.2) is 48.5 Å². The summed E-state index contributed by atoms with van der Waals surface area (Å²) in [6, 6.07) is 14.8. The molecule has 4 heteroatoms. The van der Waals surface area contributed by atoms with Gasteiger partial charge < -0.3 is 14.4 Å². The number of hydrogen-bond acceptors (Lipinski definition) is 3. The van der Waals surface area contributed by atoms with E-state index in [-0.39, 0.29) is 11.9 Å². The summed E-state index contributed by atoms with van der Waals surface area (Å²) in [6.07, 6.45) is 0. The number of hydrogen-bond donors (Lipinski definition) is 0. The number of methoxy groups -OCH3 is 2. The highest BCUT2D eigenvalue weighted by molar-refractivity contribution is 5.94. The number of nitrogens with zero attached hydrogens (tertiary/aromatic N) is 1. The Balaban J connectivity index is 2.26. The lowest BCUT2D eigenvalue weighted by molar-refractivity contribution is 0.0740. The summed E-state index contributed by atoms with van der Waals surface area (Å²) in [5, 5.41) is 0. The van der Waals surface area contributed by atoms with Crippen LogP contribution < -0.4 is 9.47 Å². The Morgan fingerprint density at radius 2 is 1.77 bits per heavy atom. The topological polar surface area (TPSA) is 38.8 Å². The highest BCUT2D eigenvalue weighted by Gasteiger charge is 2.21. The Labute approximate surface area is 131 Å². The quantitative estimate of drug-likeness (QED) is 0.847. The van der Waals surface area contributed by atoms with E-state index >= 15 is 0 Å². The largest absolute Gasteiger partial charge is 0.497 e. The molecule has 0 bridgehead atoms. The molecule has 116 valence electrons. The van der Waals surface area contributed by atoms with E-state index in [0.717, 1.165) is 11.3 Å². The van der Waals surface area contributed by atoms with Crippen LogP contribution in [0.1, 0.15) is 28.9 Å². The normalized spacial score (nSPS) is 11.6. The molecule has 2 rings (SSSR count). The molecule has 1 atom stereocenters. The van der Waals surface area contributed by atoms with Gasteiger partial charge in [-0.15, -0.1) is 0 Å². The number of para-hydroxylation sites is 1. The molecule has 0 aliphatic rings. The van der Waals surface area contributed by atoms with Gasteiger partial charge in [-0.25, -0.2) is 0 Å². The van der Waals surface area contributed by atoms with Crippen LogP contribution in [-0.2, 0) is 0 Å². The van der Waals surface area contributed by atoms with Gasteiger partial charge in [-0.1, -0.05) is 24.3 Å². The Morgan fingerprint density at radius 1 is 1.05 bits per heavy atom. The summed E-state index contributed by atoms with van der Waals surface area (Å²) in [5.74, 6) is 1.39. The molecule has 4 nitrogen and oxygen atoms in total. The summed E-state index contributed by atoms with van der Waals surface area (Å²) < 4.78 is 10.6. The second kappa shape index (κ2) is 6.98. The molecule has 0 spiro atoms. The van der Waals surface area contributed by atoms with Gasteiger partial charge in [0.05, 0.1) is 20.3 Å². The molecular weight excluding hydrogens is 278 g/mol. The van der Waals surface area contributed by atoms with E-state index < -0.39 is 0 Å². The molecule has 0 fully saturated rings. The minimum absolute atomic E-state index is 0.0580. The van der Waals surface area contributed by atoms with Crippen LogP contribution in [-0.4, -0.2) is 32.1 Å². The molecule has 0 aromatic heterocycles. The van der Waals surface area contributed by atoms with Crippen molar-refractivity contribution in [3.63, 3.8) is 0 Å². The second-order valence-electron chi connectivity index (χ2n) is 5.07. The Kier molecular flexibility index (Phi) is 5.04. The van der Waals surface area contributed by atoms with Crippen molar-refractivity contribution >= 4 is 5.91 Å². The molecule has 0 N–H and O–H groups in total. The van der Waals surface area contributed by atoms with Crippen LogP contribution >= 0.6 is 0 Å². The average Bonchev–Trinajstić information content (AvgIpc) is 2.59. The molecule has 0 aliphatic heterocycles. The smallest absolute Gasteiger partial charge is 0.254 e. The lowest BCUT2D eigenvalue weighted by Crippen LogP contribution is -2.29. The monoisotopic (exact) mass is 299 g/mol. The molecule has 0 aliphatic carbocycles. The third-order valence-corrected chi connectivity index (χ3v) is 3.81. The zero-order valence-electron chi connectivity index (χ0n) is 13.4. The predicted molar refractivity (Wildman–Crippen MR) is 86.5 cm³/mol. The fourth-order valence-electron chi connectivity index (χ4n) is 2.36. The van der Waals surface area contributed by atoms with Crippen molar-refractivity contribution in [3.05, 3.63) is 59.7 Å². The maximum atomic E-state index is 12.7. The van der Waals surface area contributed by atoms with Crippen molar-refractivity contribution in [1.82, 2.24) is 4.90 Å². The van der Waals surface area contributed by atoms with Gasteiger partial charge in [0.1, 0.15) is 11.5 Å². The number of benzene rings is 2. The first-order valence-corrected chi connectivity index (χ1v) is 7.12. The summed E-state index contributed by atoms with van der Waals surface area (Å²) >= 11 is 0. The van der Waals surface area contributed by atoms with Crippen molar-refractivity contribution in [1.29, 1.82) is 0 Å². The van der Waals surface area contributed by atoms with Crippen LogP contribution in [0.2, 0.25) is 0 Å². The SMILES string of the molecule is COc1cccc(C(=O)N(C)C(C)c2ccccc2OC)c1. The third kappa shape index (κ3) is 3.22. The molecule has 0 saturated carbocycles. The van der Waals surface area contributed by atoms with Gasteiger partial charge in [0, 0.05) is 18.2 Å². The number of amides is 1. The Bertz CT molecular complexity index is 654. The van der Waals surface area contributed by atoms with E-state index in [1.54, 1.807) is 38.3 Å². The van der Waals surface area contributed by atoms with Gasteiger partial charge in [0.25, 0.3) is 5.91 Å². The first-order valence-electron chi connectivity index (χ1n) is 7.12. The molecular formula is C18H21NO3. The first kappa shape index (κ1) is 15.9. The number of carbonyl (C=O) groups is 1. The van der Waals surface area contributed by atoms with Crippen LogP contribution in [0.4, 0.5) is 0 Å². The fourth-order valence-corrected chi connectivity index (χ4v) is 2.36. The van der Waals surface area contributed by atoms with Crippen molar-refractivity contribution in [2.75, 3.05) is 21.3 Å². The molecule has 1 amide bonds. The van der Waals surface area contributed by atoms with Crippen molar-refractivity contribution in [3.8, 4) is 11.5 Å². The first-order chi connectivity index (χ1) is 10.6. The molecule has 0 saturated heterocycles. The second-order valence-corrected chi connectivity index (χ2v) is 5.07. The Morgan fingerprint density at radius 3 is 2.45 bits per heavy atom. The van der Waals surface area contributed by atoms with Gasteiger partial charge >= 0.3 is 0 Å². The summed E-state index contributed by atoms with van der Waals surface area (Å²) in [4.78, 5) is 14.4. The minimum atomic E-state index is -0.102. The van der Waals surface area contributed by atoms with E-state index in [0.29, 0.717) is 11.3 Å². The molecule has 0 radical (unpaired) electrons. The zero-order chi connectivity index (χ0) is 16.1. The van der Waals surface area contributed by atoms with Crippen LogP contribution in [0.5, 0.6) is 11.5 Å². The van der Waals surface area contributed by atoms with Crippen molar-refractivity contribution in [2.45, 2.75) is 13.0 Å². The number of ether oxygens (including phenoxy) is 2. The van der Waals surface area contributed by atoms with Gasteiger partial charge in [0.15, 0.2) is 0 Å². The molecule has 2 aromatic carbocycles. The van der Waals surface area contributed by atoms with Gasteiger partial charge in [0.2, 0.25) is 0 Å². The lowest BCUT2D eigenvalue weighted by Gasteiger charge is -2.26. The number of rotatable bonds is 5. The summed E-state index contributed by atoms with van der Waals surface area (Å²) in [6.45, 7) is 1.98. The van der Waals surface area contributed by atoms with Crippen molar-refractivity contribution in [2.24, 2.45) is 0 Å². The highest BCUT2D eigenvalue weighted by atomic mass is 16.5. The van der Waals surface area contributed by atoms with E-state index in [4.69, 9.17) is 9.47 Å². The molecule has 22 heavy (non-hydrogen) atoms. The standard InChI is InChI=1S/C18H21NO3/c1-13(16-10-5-6-11-17(16)22-4)19(2)18(20)14-8-7-9-15(12-14)21-3/h5-13H,1-4H3. The van der Waals surface area contributed by atoms with E-state index in [1.807, 2.05) is 43.3 Å². The summed E-state index contributed by atoms with van der Waals surface area (Å²) in [5.41, 5.74) is 1.58. The van der Waals surface area contributed by atoms with Gasteiger partial charge in [-0.3, -0.25) is 4.79 Å². The maximum Gasteiger partial charge on any atom is 0.254 e. The van der Waals surface area contributed by atoms with E-state index in [2.05, 4.69) is 0 Å². The molecule has 1 unspecified atom stereocenters. The molecule has 2 aromatic rings. The van der Waals surface area contributed by atoms with E-state index in [1.165, 1.54) is 0 Å². The van der Waals surface area contributed by atoms with Gasteiger partial charge in [-0.05, 0) is 31.2 Å². The number of carbonyl (C=O) groups excluding carboxylic acids is 1. The van der Waals surface area contributed by atoms with Crippen molar-refractivity contribution < 1.29 is 14.3 Å². The fraction of sp³-hybridized carbons (Fsp3) is 0.278. The third-order valence-electron chi connectivity index (χ3n) is 3.81.